The van der Waals surface area contributed by atoms with Gasteiger partial charge in [0.25, 0.3) is 0 Å². The smallest absolute Gasteiger partial charge is 0.337 e. The summed E-state index contributed by atoms with van der Waals surface area (Å²) in [5, 5.41) is 27.1. The highest BCUT2D eigenvalue weighted by Crippen LogP contribution is 2.50. The van der Waals surface area contributed by atoms with E-state index in [-0.39, 0.29) is 5.56 Å². The van der Waals surface area contributed by atoms with Crippen LogP contribution >= 0.6 is 0 Å². The SMILES string of the molecule is CCCCc1nc2cccc(C(=O)O)c2n1N1c2ccccc2N(c2nnn[nH]2)C1c1ccc(C)cc1. The molecular weight excluding hydrogens is 468 g/mol. The fraction of sp³-hybridized carbons (Fsp3) is 0.222. The first-order valence-corrected chi connectivity index (χ1v) is 12.3. The minimum absolute atomic E-state index is 0.202. The average Bonchev–Trinajstić information content (AvgIpc) is 3.63. The van der Waals surface area contributed by atoms with Gasteiger partial charge in [-0.3, -0.25) is 4.90 Å². The maximum Gasteiger partial charge on any atom is 0.337 e. The Balaban J connectivity index is 1.68. The molecule has 2 N–H and O–H groups in total. The number of aromatic carboxylic acids is 1. The maximum atomic E-state index is 12.4. The van der Waals surface area contributed by atoms with E-state index in [1.807, 2.05) is 39.9 Å². The molecule has 0 fully saturated rings. The molecule has 1 aliphatic heterocycles. The van der Waals surface area contributed by atoms with E-state index >= 15 is 0 Å². The van der Waals surface area contributed by atoms with Gasteiger partial charge in [-0.25, -0.2) is 24.6 Å². The van der Waals surface area contributed by atoms with Gasteiger partial charge in [-0.05, 0) is 53.6 Å². The second kappa shape index (κ2) is 9.05. The van der Waals surface area contributed by atoms with Crippen LogP contribution in [-0.2, 0) is 6.42 Å². The van der Waals surface area contributed by atoms with Gasteiger partial charge in [-0.2, -0.15) is 0 Å². The minimum atomic E-state index is -0.996. The normalized spacial score (nSPS) is 14.9. The van der Waals surface area contributed by atoms with Crippen molar-refractivity contribution in [1.82, 2.24) is 30.3 Å². The van der Waals surface area contributed by atoms with E-state index in [1.54, 1.807) is 12.1 Å². The van der Waals surface area contributed by atoms with E-state index in [0.717, 1.165) is 41.2 Å². The van der Waals surface area contributed by atoms with Gasteiger partial charge >= 0.3 is 5.97 Å². The number of carboxylic acids is 1. The third-order valence-corrected chi connectivity index (χ3v) is 6.72. The second-order valence-corrected chi connectivity index (χ2v) is 9.13. The van der Waals surface area contributed by atoms with E-state index in [9.17, 15) is 9.90 Å². The molecular formula is C27H26N8O2. The highest BCUT2D eigenvalue weighted by atomic mass is 16.4. The van der Waals surface area contributed by atoms with Crippen molar-refractivity contribution in [3.05, 3.63) is 89.2 Å². The number of aromatic amines is 1. The number of carboxylic acid groups (broad SMARTS) is 1. The van der Waals surface area contributed by atoms with Crippen LogP contribution in [0.4, 0.5) is 17.3 Å². The summed E-state index contributed by atoms with van der Waals surface area (Å²) in [4.78, 5) is 19.4. The Bertz CT molecular complexity index is 1580. The predicted octanol–water partition coefficient (Wildman–Crippen LogP) is 5.02. The monoisotopic (exact) mass is 494 g/mol. The Morgan fingerprint density at radius 2 is 1.81 bits per heavy atom. The Morgan fingerprint density at radius 1 is 1.03 bits per heavy atom. The number of aromatic nitrogens is 6. The fourth-order valence-corrected chi connectivity index (χ4v) is 5.03. The highest BCUT2D eigenvalue weighted by Gasteiger charge is 2.42. The van der Waals surface area contributed by atoms with Gasteiger partial charge in [0.1, 0.15) is 11.3 Å². The zero-order chi connectivity index (χ0) is 25.5. The Labute approximate surface area is 213 Å². The number of benzene rings is 3. The molecule has 0 amide bonds. The number of H-pyrrole nitrogens is 1. The van der Waals surface area contributed by atoms with Crippen LogP contribution in [-0.4, -0.2) is 41.4 Å². The molecule has 0 radical (unpaired) electrons. The largest absolute Gasteiger partial charge is 0.478 e. The summed E-state index contributed by atoms with van der Waals surface area (Å²) >= 11 is 0. The quantitative estimate of drug-likeness (QED) is 0.324. The lowest BCUT2D eigenvalue weighted by Crippen LogP contribution is -2.38. The molecule has 1 atom stereocenters. The Hall–Kier alpha value is -4.73. The first-order chi connectivity index (χ1) is 18.1. The number of anilines is 3. The van der Waals surface area contributed by atoms with Crippen LogP contribution in [0.15, 0.2) is 66.7 Å². The molecule has 10 heteroatoms. The number of rotatable bonds is 7. The van der Waals surface area contributed by atoms with Crippen molar-refractivity contribution >= 4 is 34.3 Å². The summed E-state index contributed by atoms with van der Waals surface area (Å²) in [6.07, 6.45) is 2.20. The number of hydrogen-bond donors (Lipinski definition) is 2. The molecule has 1 unspecified atom stereocenters. The lowest BCUT2D eigenvalue weighted by atomic mass is 10.1. The van der Waals surface area contributed by atoms with Crippen LogP contribution in [0, 0.1) is 6.92 Å². The van der Waals surface area contributed by atoms with Crippen LogP contribution in [0.1, 0.15) is 53.2 Å². The fourth-order valence-electron chi connectivity index (χ4n) is 5.03. The number of carbonyl (C=O) groups is 1. The van der Waals surface area contributed by atoms with Crippen molar-refractivity contribution in [3.8, 4) is 0 Å². The topological polar surface area (TPSA) is 116 Å². The summed E-state index contributed by atoms with van der Waals surface area (Å²) in [6.45, 7) is 4.18. The molecule has 2 aromatic heterocycles. The summed E-state index contributed by atoms with van der Waals surface area (Å²) in [6, 6.07) is 21.5. The first-order valence-electron chi connectivity index (χ1n) is 12.3. The van der Waals surface area contributed by atoms with E-state index in [4.69, 9.17) is 4.98 Å². The molecule has 5 aromatic rings. The van der Waals surface area contributed by atoms with Crippen molar-refractivity contribution < 1.29 is 9.90 Å². The van der Waals surface area contributed by atoms with Crippen molar-refractivity contribution in [2.24, 2.45) is 0 Å². The molecule has 0 aliphatic carbocycles. The van der Waals surface area contributed by atoms with Gasteiger partial charge in [0.05, 0.1) is 22.5 Å². The number of nitrogens with zero attached hydrogens (tertiary/aromatic N) is 7. The molecule has 1 aliphatic rings. The van der Waals surface area contributed by atoms with E-state index < -0.39 is 12.1 Å². The van der Waals surface area contributed by atoms with Gasteiger partial charge in [-0.15, -0.1) is 0 Å². The molecule has 0 saturated carbocycles. The zero-order valence-corrected chi connectivity index (χ0v) is 20.5. The third-order valence-electron chi connectivity index (χ3n) is 6.72. The lowest BCUT2D eigenvalue weighted by Gasteiger charge is -2.33. The molecule has 10 nitrogen and oxygen atoms in total. The molecule has 37 heavy (non-hydrogen) atoms. The van der Waals surface area contributed by atoms with E-state index in [2.05, 4.69) is 63.7 Å². The summed E-state index contributed by atoms with van der Waals surface area (Å²) in [5.74, 6) is 0.290. The van der Waals surface area contributed by atoms with E-state index in [1.165, 1.54) is 0 Å². The van der Waals surface area contributed by atoms with Gasteiger partial charge in [0.2, 0.25) is 5.95 Å². The maximum absolute atomic E-state index is 12.4. The number of nitrogens with one attached hydrogen (secondary N) is 1. The number of tetrazole rings is 1. The van der Waals surface area contributed by atoms with Crippen LogP contribution in [0.25, 0.3) is 11.0 Å². The standard InChI is InChI=1S/C27H26N8O2/c1-3-4-12-23-28-20-9-7-8-19(26(36)37)24(20)35(23)34-22-11-6-5-10-21(22)33(27-29-31-32-30-27)25(34)18-15-13-17(2)14-16-18/h5-11,13-16,25H,3-4,12H2,1-2H3,(H,36,37)(H,29,30,31,32). The average molecular weight is 495 g/mol. The van der Waals surface area contributed by atoms with E-state index in [0.29, 0.717) is 23.4 Å². The Morgan fingerprint density at radius 3 is 2.51 bits per heavy atom. The molecule has 186 valence electrons. The number of imidazole rings is 1. The number of unbranched alkanes of at least 4 members (excludes halogenated alkanes) is 1. The first kappa shape index (κ1) is 22.7. The van der Waals surface area contributed by atoms with Crippen molar-refractivity contribution in [2.75, 3.05) is 9.91 Å². The number of fused-ring (bicyclic) bond motifs is 2. The Kier molecular flexibility index (Phi) is 5.56. The molecule has 0 bridgehead atoms. The molecule has 3 heterocycles. The molecule has 0 spiro atoms. The van der Waals surface area contributed by atoms with Crippen LogP contribution in [0.5, 0.6) is 0 Å². The number of aryl methyl sites for hydroxylation is 2. The van der Waals surface area contributed by atoms with Crippen LogP contribution in [0.2, 0.25) is 0 Å². The lowest BCUT2D eigenvalue weighted by molar-refractivity contribution is 0.0698. The van der Waals surface area contributed by atoms with Crippen LogP contribution in [0.3, 0.4) is 0 Å². The van der Waals surface area contributed by atoms with Gasteiger partial charge in [0.15, 0.2) is 6.17 Å². The molecule has 6 rings (SSSR count). The van der Waals surface area contributed by atoms with Crippen molar-refractivity contribution in [1.29, 1.82) is 0 Å². The van der Waals surface area contributed by atoms with Gasteiger partial charge in [-0.1, -0.05) is 66.5 Å². The summed E-state index contributed by atoms with van der Waals surface area (Å²) in [7, 11) is 0. The second-order valence-electron chi connectivity index (χ2n) is 9.13. The number of para-hydroxylation sites is 3. The number of hydrogen-bond acceptors (Lipinski definition) is 7. The predicted molar refractivity (Wildman–Crippen MR) is 140 cm³/mol. The zero-order valence-electron chi connectivity index (χ0n) is 20.5. The van der Waals surface area contributed by atoms with Crippen molar-refractivity contribution in [2.45, 2.75) is 39.3 Å². The summed E-state index contributed by atoms with van der Waals surface area (Å²) < 4.78 is 1.99. The minimum Gasteiger partial charge on any atom is -0.478 e. The highest BCUT2D eigenvalue weighted by molar-refractivity contribution is 6.02. The third kappa shape index (κ3) is 3.68. The van der Waals surface area contributed by atoms with Crippen LogP contribution < -0.4 is 9.91 Å². The summed E-state index contributed by atoms with van der Waals surface area (Å²) in [5.41, 5.74) is 5.33. The van der Waals surface area contributed by atoms with Gasteiger partial charge in [0, 0.05) is 6.42 Å². The van der Waals surface area contributed by atoms with Crippen molar-refractivity contribution in [3.63, 3.8) is 0 Å². The van der Waals surface area contributed by atoms with Gasteiger partial charge < -0.3 is 5.11 Å². The molecule has 3 aromatic carbocycles. The molecule has 0 saturated heterocycles.